The first-order valence-electron chi connectivity index (χ1n) is 4.72. The molecule has 4 heteroatoms. The number of carbonyl (C=O) groups excluding carboxylic acids is 1. The number of hydrogen-bond donors (Lipinski definition) is 2. The zero-order valence-corrected chi connectivity index (χ0v) is 9.06. The van der Waals surface area contributed by atoms with Crippen LogP contribution in [-0.4, -0.2) is 34.1 Å². The quantitative estimate of drug-likeness (QED) is 0.727. The molecule has 0 unspecified atom stereocenters. The molecule has 1 aromatic rings. The lowest BCUT2D eigenvalue weighted by molar-refractivity contribution is 0.0751. The first kappa shape index (κ1) is 11.4. The van der Waals surface area contributed by atoms with Crippen LogP contribution in [0.5, 0.6) is 11.5 Å². The summed E-state index contributed by atoms with van der Waals surface area (Å²) >= 11 is 0. The molecule has 0 aromatic heterocycles. The van der Waals surface area contributed by atoms with Crippen molar-refractivity contribution in [3.63, 3.8) is 0 Å². The zero-order valence-electron chi connectivity index (χ0n) is 9.06. The fourth-order valence-electron chi connectivity index (χ4n) is 1.12. The van der Waals surface area contributed by atoms with Gasteiger partial charge in [0.05, 0.1) is 5.56 Å². The van der Waals surface area contributed by atoms with Crippen molar-refractivity contribution in [2.24, 2.45) is 0 Å². The fourth-order valence-corrected chi connectivity index (χ4v) is 1.12. The second kappa shape index (κ2) is 4.21. The first-order chi connectivity index (χ1) is 6.93. The van der Waals surface area contributed by atoms with Crippen molar-refractivity contribution in [2.45, 2.75) is 19.9 Å². The van der Waals surface area contributed by atoms with Crippen molar-refractivity contribution in [2.75, 3.05) is 7.05 Å². The summed E-state index contributed by atoms with van der Waals surface area (Å²) in [6.45, 7) is 3.75. The number of phenolic OH excluding ortho intramolecular Hbond substituents is 2. The van der Waals surface area contributed by atoms with Gasteiger partial charge in [-0.1, -0.05) is 0 Å². The second-order valence-corrected chi connectivity index (χ2v) is 3.71. The van der Waals surface area contributed by atoms with E-state index in [2.05, 4.69) is 0 Å². The van der Waals surface area contributed by atoms with Crippen LogP contribution in [-0.2, 0) is 0 Å². The van der Waals surface area contributed by atoms with E-state index in [1.165, 1.54) is 23.1 Å². The number of rotatable bonds is 2. The largest absolute Gasteiger partial charge is 0.508 e. The summed E-state index contributed by atoms with van der Waals surface area (Å²) in [4.78, 5) is 13.3. The Morgan fingerprint density at radius 2 is 1.93 bits per heavy atom. The molecule has 0 aliphatic rings. The molecule has 0 aliphatic carbocycles. The highest BCUT2D eigenvalue weighted by Gasteiger charge is 2.18. The predicted octanol–water partition coefficient (Wildman–Crippen LogP) is 1.58. The molecule has 0 heterocycles. The van der Waals surface area contributed by atoms with Gasteiger partial charge < -0.3 is 15.1 Å². The third-order valence-electron chi connectivity index (χ3n) is 2.31. The summed E-state index contributed by atoms with van der Waals surface area (Å²) in [5, 5.41) is 18.7. The van der Waals surface area contributed by atoms with E-state index in [1.807, 2.05) is 13.8 Å². The van der Waals surface area contributed by atoms with Crippen LogP contribution in [0.1, 0.15) is 24.2 Å². The summed E-state index contributed by atoms with van der Waals surface area (Å²) in [5.41, 5.74) is 0.117. The number of aromatic hydroxyl groups is 2. The standard InChI is InChI=1S/C11H15NO3/c1-7(2)12(3)11(15)9-6-8(13)4-5-10(9)14/h4-7,13-14H,1-3H3. The van der Waals surface area contributed by atoms with E-state index < -0.39 is 0 Å². The molecule has 15 heavy (non-hydrogen) atoms. The maximum atomic E-state index is 11.8. The highest BCUT2D eigenvalue weighted by molar-refractivity contribution is 5.97. The number of benzene rings is 1. The maximum Gasteiger partial charge on any atom is 0.257 e. The average Bonchev–Trinajstić information content (AvgIpc) is 2.19. The van der Waals surface area contributed by atoms with Crippen LogP contribution < -0.4 is 0 Å². The summed E-state index contributed by atoms with van der Waals surface area (Å²) in [7, 11) is 1.65. The molecule has 1 aromatic carbocycles. The first-order valence-corrected chi connectivity index (χ1v) is 4.72. The van der Waals surface area contributed by atoms with Crippen molar-refractivity contribution in [3.05, 3.63) is 23.8 Å². The smallest absolute Gasteiger partial charge is 0.257 e. The van der Waals surface area contributed by atoms with Gasteiger partial charge in [-0.2, -0.15) is 0 Å². The molecule has 0 bridgehead atoms. The Labute approximate surface area is 88.8 Å². The van der Waals surface area contributed by atoms with Crippen molar-refractivity contribution < 1.29 is 15.0 Å². The van der Waals surface area contributed by atoms with Gasteiger partial charge in [-0.15, -0.1) is 0 Å². The Bertz CT molecular complexity index is 374. The third kappa shape index (κ3) is 2.40. The monoisotopic (exact) mass is 209 g/mol. The third-order valence-corrected chi connectivity index (χ3v) is 2.31. The van der Waals surface area contributed by atoms with E-state index in [0.29, 0.717) is 0 Å². The zero-order chi connectivity index (χ0) is 11.6. The second-order valence-electron chi connectivity index (χ2n) is 3.71. The summed E-state index contributed by atoms with van der Waals surface area (Å²) < 4.78 is 0. The Kier molecular flexibility index (Phi) is 3.19. The number of hydrogen-bond acceptors (Lipinski definition) is 3. The lowest BCUT2D eigenvalue weighted by Gasteiger charge is -2.21. The number of phenols is 2. The molecule has 1 amide bonds. The minimum Gasteiger partial charge on any atom is -0.508 e. The molecule has 0 radical (unpaired) electrons. The van der Waals surface area contributed by atoms with Crippen molar-refractivity contribution in [1.82, 2.24) is 4.90 Å². The molecule has 0 atom stereocenters. The van der Waals surface area contributed by atoms with Crippen molar-refractivity contribution in [3.8, 4) is 11.5 Å². The van der Waals surface area contributed by atoms with E-state index >= 15 is 0 Å². The molecule has 0 aliphatic heterocycles. The van der Waals surface area contributed by atoms with Crippen LogP contribution in [0.3, 0.4) is 0 Å². The van der Waals surface area contributed by atoms with Gasteiger partial charge in [0.25, 0.3) is 5.91 Å². The van der Waals surface area contributed by atoms with E-state index in [9.17, 15) is 15.0 Å². The lowest BCUT2D eigenvalue weighted by atomic mass is 10.1. The van der Waals surface area contributed by atoms with E-state index in [0.717, 1.165) is 0 Å². The van der Waals surface area contributed by atoms with Gasteiger partial charge in [0.15, 0.2) is 0 Å². The van der Waals surface area contributed by atoms with Crippen LogP contribution >= 0.6 is 0 Å². The summed E-state index contributed by atoms with van der Waals surface area (Å²) in [6, 6.07) is 3.94. The van der Waals surface area contributed by atoms with E-state index in [4.69, 9.17) is 0 Å². The van der Waals surface area contributed by atoms with Gasteiger partial charge in [0.1, 0.15) is 11.5 Å². The lowest BCUT2D eigenvalue weighted by Crippen LogP contribution is -2.32. The number of amides is 1. The van der Waals surface area contributed by atoms with Gasteiger partial charge in [-0.3, -0.25) is 4.79 Å². The molecule has 1 rings (SSSR count). The van der Waals surface area contributed by atoms with E-state index in [-0.39, 0.29) is 29.0 Å². The number of nitrogens with zero attached hydrogens (tertiary/aromatic N) is 1. The SMILES string of the molecule is CC(C)N(C)C(=O)c1cc(O)ccc1O. The van der Waals surface area contributed by atoms with Crippen LogP contribution in [0.4, 0.5) is 0 Å². The maximum absolute atomic E-state index is 11.8. The minimum absolute atomic E-state index is 0.0340. The molecule has 82 valence electrons. The van der Waals surface area contributed by atoms with Gasteiger partial charge in [-0.05, 0) is 32.0 Å². The molecule has 4 nitrogen and oxygen atoms in total. The topological polar surface area (TPSA) is 60.8 Å². The molecule has 0 saturated heterocycles. The van der Waals surface area contributed by atoms with Gasteiger partial charge in [0, 0.05) is 13.1 Å². The van der Waals surface area contributed by atoms with Crippen molar-refractivity contribution in [1.29, 1.82) is 0 Å². The Morgan fingerprint density at radius 1 is 1.33 bits per heavy atom. The molecule has 0 fully saturated rings. The molecular formula is C11H15NO3. The minimum atomic E-state index is -0.307. The highest BCUT2D eigenvalue weighted by atomic mass is 16.3. The van der Waals surface area contributed by atoms with Crippen LogP contribution in [0, 0.1) is 0 Å². The highest BCUT2D eigenvalue weighted by Crippen LogP contribution is 2.23. The summed E-state index contributed by atoms with van der Waals surface area (Å²) in [5.74, 6) is -0.461. The fraction of sp³-hybridized carbons (Fsp3) is 0.364. The van der Waals surface area contributed by atoms with Crippen LogP contribution in [0.25, 0.3) is 0 Å². The van der Waals surface area contributed by atoms with E-state index in [1.54, 1.807) is 7.05 Å². The average molecular weight is 209 g/mol. The predicted molar refractivity (Wildman–Crippen MR) is 57.0 cm³/mol. The Morgan fingerprint density at radius 3 is 2.47 bits per heavy atom. The summed E-state index contributed by atoms with van der Waals surface area (Å²) in [6.07, 6.45) is 0. The Hall–Kier alpha value is -1.71. The van der Waals surface area contributed by atoms with Gasteiger partial charge in [0.2, 0.25) is 0 Å². The van der Waals surface area contributed by atoms with Gasteiger partial charge in [-0.25, -0.2) is 0 Å². The van der Waals surface area contributed by atoms with Crippen LogP contribution in [0.15, 0.2) is 18.2 Å². The molecule has 0 saturated carbocycles. The molecule has 2 N–H and O–H groups in total. The Balaban J connectivity index is 3.05. The molecular weight excluding hydrogens is 194 g/mol. The molecule has 0 spiro atoms. The van der Waals surface area contributed by atoms with Crippen LogP contribution in [0.2, 0.25) is 0 Å². The number of carbonyl (C=O) groups is 1. The van der Waals surface area contributed by atoms with Gasteiger partial charge >= 0.3 is 0 Å². The van der Waals surface area contributed by atoms with Crippen molar-refractivity contribution >= 4 is 5.91 Å². The normalized spacial score (nSPS) is 10.4.